The quantitative estimate of drug-likeness (QED) is 0.725. The van der Waals surface area contributed by atoms with E-state index in [0.717, 1.165) is 44.1 Å². The zero-order valence-corrected chi connectivity index (χ0v) is 15.1. The van der Waals surface area contributed by atoms with E-state index < -0.39 is 6.10 Å². The third-order valence-electron chi connectivity index (χ3n) is 8.03. The number of allylic oxidation sites excluding steroid dienone is 2. The van der Waals surface area contributed by atoms with Crippen LogP contribution in [0.4, 0.5) is 0 Å². The summed E-state index contributed by atoms with van der Waals surface area (Å²) in [7, 11) is 0. The molecule has 0 saturated heterocycles. The molecule has 3 nitrogen and oxygen atoms in total. The van der Waals surface area contributed by atoms with E-state index in [1.54, 1.807) is 6.92 Å². The van der Waals surface area contributed by atoms with Gasteiger partial charge in [-0.15, -0.1) is 0 Å². The van der Waals surface area contributed by atoms with Crippen LogP contribution in [0.5, 0.6) is 0 Å². The molecule has 2 N–H and O–H groups in total. The minimum absolute atomic E-state index is 0.122. The first-order valence-electron chi connectivity index (χ1n) is 9.56. The highest BCUT2D eigenvalue weighted by atomic mass is 16.3. The Morgan fingerprint density at radius 3 is 2.58 bits per heavy atom. The maximum atomic E-state index is 12.1. The van der Waals surface area contributed by atoms with Gasteiger partial charge in [-0.05, 0) is 74.3 Å². The molecule has 0 aliphatic heterocycles. The molecule has 2 fully saturated rings. The number of hydrogen-bond acceptors (Lipinski definition) is 3. The molecule has 0 unspecified atom stereocenters. The van der Waals surface area contributed by atoms with Gasteiger partial charge in [-0.3, -0.25) is 4.79 Å². The van der Waals surface area contributed by atoms with Gasteiger partial charge < -0.3 is 10.2 Å². The monoisotopic (exact) mass is 330 g/mol. The van der Waals surface area contributed by atoms with Crippen LogP contribution in [-0.4, -0.2) is 28.2 Å². The summed E-state index contributed by atoms with van der Waals surface area (Å²) < 4.78 is 0. The average Bonchev–Trinajstić information content (AvgIpc) is 2.80. The van der Waals surface area contributed by atoms with E-state index in [1.807, 2.05) is 6.08 Å². The smallest absolute Gasteiger partial charge is 0.156 e. The van der Waals surface area contributed by atoms with Crippen LogP contribution in [0.3, 0.4) is 0 Å². The van der Waals surface area contributed by atoms with Crippen molar-refractivity contribution in [2.45, 2.75) is 71.5 Å². The molecule has 2 saturated carbocycles. The highest BCUT2D eigenvalue weighted by Gasteiger charge is 2.59. The number of hydrogen-bond donors (Lipinski definition) is 2. The van der Waals surface area contributed by atoms with Gasteiger partial charge >= 0.3 is 0 Å². The number of ketones is 1. The van der Waals surface area contributed by atoms with Crippen molar-refractivity contribution in [1.82, 2.24) is 0 Å². The Morgan fingerprint density at radius 2 is 1.88 bits per heavy atom. The third kappa shape index (κ3) is 2.07. The number of aliphatic hydroxyl groups is 2. The molecule has 4 aliphatic carbocycles. The lowest BCUT2D eigenvalue weighted by atomic mass is 9.47. The SMILES string of the molecule is CC(=O)C1=C[C@@H](O)[C@H]2[C@@H]3CC=C4C[C@@H](O)CC[C@]4(C)[C@H]3CC[C@]12C. The van der Waals surface area contributed by atoms with Crippen LogP contribution in [-0.2, 0) is 4.79 Å². The van der Waals surface area contributed by atoms with Gasteiger partial charge in [0.15, 0.2) is 5.78 Å². The van der Waals surface area contributed by atoms with Crippen molar-refractivity contribution in [3.63, 3.8) is 0 Å². The summed E-state index contributed by atoms with van der Waals surface area (Å²) in [6, 6.07) is 0. The zero-order valence-electron chi connectivity index (χ0n) is 15.1. The van der Waals surface area contributed by atoms with Gasteiger partial charge in [0.25, 0.3) is 0 Å². The molecular formula is C21H30O3. The number of fused-ring (bicyclic) bond motifs is 5. The van der Waals surface area contributed by atoms with Gasteiger partial charge in [0.1, 0.15) is 0 Å². The Kier molecular flexibility index (Phi) is 3.64. The predicted molar refractivity (Wildman–Crippen MR) is 93.2 cm³/mol. The Labute approximate surface area is 144 Å². The molecule has 0 bridgehead atoms. The van der Waals surface area contributed by atoms with Crippen LogP contribution < -0.4 is 0 Å². The molecule has 0 aromatic rings. The largest absolute Gasteiger partial charge is 0.393 e. The second kappa shape index (κ2) is 5.28. The third-order valence-corrected chi connectivity index (χ3v) is 8.03. The topological polar surface area (TPSA) is 57.5 Å². The van der Waals surface area contributed by atoms with E-state index in [-0.39, 0.29) is 28.6 Å². The lowest BCUT2D eigenvalue weighted by molar-refractivity contribution is -0.116. The van der Waals surface area contributed by atoms with Crippen LogP contribution in [0.25, 0.3) is 0 Å². The standard InChI is InChI=1S/C21H30O3/c1-12(22)17-11-18(24)19-15-5-4-13-10-14(23)6-8-20(13,2)16(15)7-9-21(17,19)3/h4,11,14-16,18-19,23-24H,5-10H2,1-3H3/t14-,15+,16-,18+,19+,20-,21+/m0/s1. The number of carbonyl (C=O) groups is 1. The maximum absolute atomic E-state index is 12.1. The molecular weight excluding hydrogens is 300 g/mol. The summed E-state index contributed by atoms with van der Waals surface area (Å²) in [6.45, 7) is 6.22. The van der Waals surface area contributed by atoms with Crippen molar-refractivity contribution < 1.29 is 15.0 Å². The van der Waals surface area contributed by atoms with E-state index in [9.17, 15) is 15.0 Å². The van der Waals surface area contributed by atoms with Gasteiger partial charge in [0.2, 0.25) is 0 Å². The second-order valence-corrected chi connectivity index (χ2v) is 9.16. The van der Waals surface area contributed by atoms with E-state index in [4.69, 9.17) is 0 Å². The summed E-state index contributed by atoms with van der Waals surface area (Å²) in [4.78, 5) is 12.1. The second-order valence-electron chi connectivity index (χ2n) is 9.16. The highest BCUT2D eigenvalue weighted by molar-refractivity contribution is 5.95. The Morgan fingerprint density at radius 1 is 1.17 bits per heavy atom. The minimum atomic E-state index is -0.491. The lowest BCUT2D eigenvalue weighted by Gasteiger charge is -2.58. The minimum Gasteiger partial charge on any atom is -0.393 e. The van der Waals surface area contributed by atoms with Gasteiger partial charge in [0.05, 0.1) is 12.2 Å². The Balaban J connectivity index is 1.71. The van der Waals surface area contributed by atoms with Crippen LogP contribution in [0.2, 0.25) is 0 Å². The van der Waals surface area contributed by atoms with E-state index in [2.05, 4.69) is 19.9 Å². The molecule has 132 valence electrons. The van der Waals surface area contributed by atoms with Crippen molar-refractivity contribution in [3.05, 3.63) is 23.3 Å². The van der Waals surface area contributed by atoms with Crippen LogP contribution in [0, 0.1) is 28.6 Å². The number of rotatable bonds is 1. The van der Waals surface area contributed by atoms with Crippen molar-refractivity contribution in [2.75, 3.05) is 0 Å². The van der Waals surface area contributed by atoms with Crippen LogP contribution >= 0.6 is 0 Å². The molecule has 24 heavy (non-hydrogen) atoms. The molecule has 0 amide bonds. The number of aliphatic hydroxyl groups excluding tert-OH is 2. The fourth-order valence-corrected chi connectivity index (χ4v) is 6.82. The van der Waals surface area contributed by atoms with Gasteiger partial charge in [-0.2, -0.15) is 0 Å². The van der Waals surface area contributed by atoms with Crippen molar-refractivity contribution in [1.29, 1.82) is 0 Å². The first-order chi connectivity index (χ1) is 11.3. The Hall–Kier alpha value is -0.930. The van der Waals surface area contributed by atoms with E-state index in [0.29, 0.717) is 11.8 Å². The highest BCUT2D eigenvalue weighted by Crippen LogP contribution is 2.64. The summed E-state index contributed by atoms with van der Waals surface area (Å²) in [5.74, 6) is 1.29. The molecule has 7 atom stereocenters. The number of carbonyl (C=O) groups excluding carboxylic acids is 1. The molecule has 0 spiro atoms. The summed E-state index contributed by atoms with van der Waals surface area (Å²) in [5.41, 5.74) is 2.31. The predicted octanol–water partition coefficient (Wildman–Crippen LogP) is 3.41. The lowest BCUT2D eigenvalue weighted by Crippen LogP contribution is -2.52. The summed E-state index contributed by atoms with van der Waals surface area (Å²) >= 11 is 0. The summed E-state index contributed by atoms with van der Waals surface area (Å²) in [6.07, 6.45) is 9.39. The molecule has 4 aliphatic rings. The van der Waals surface area contributed by atoms with Crippen molar-refractivity contribution in [2.24, 2.45) is 28.6 Å². The molecule has 0 aromatic carbocycles. The average molecular weight is 330 g/mol. The normalized spacial score (nSPS) is 50.3. The zero-order chi connectivity index (χ0) is 17.3. The number of Topliss-reactive ketones (excluding diaryl/α,β-unsaturated/α-hetero) is 1. The van der Waals surface area contributed by atoms with E-state index in [1.165, 1.54) is 5.57 Å². The van der Waals surface area contributed by atoms with Crippen molar-refractivity contribution >= 4 is 5.78 Å². The molecule has 0 heterocycles. The molecule has 0 aromatic heterocycles. The first-order valence-corrected chi connectivity index (χ1v) is 9.56. The van der Waals surface area contributed by atoms with Gasteiger partial charge in [-0.1, -0.05) is 25.5 Å². The van der Waals surface area contributed by atoms with Crippen LogP contribution in [0.15, 0.2) is 23.3 Å². The fourth-order valence-electron chi connectivity index (χ4n) is 6.82. The maximum Gasteiger partial charge on any atom is 0.156 e. The van der Waals surface area contributed by atoms with E-state index >= 15 is 0 Å². The fraction of sp³-hybridized carbons (Fsp3) is 0.762. The molecule has 0 radical (unpaired) electrons. The van der Waals surface area contributed by atoms with Gasteiger partial charge in [0, 0.05) is 11.3 Å². The molecule has 4 rings (SSSR count). The molecule has 3 heteroatoms. The summed E-state index contributed by atoms with van der Waals surface area (Å²) in [5, 5.41) is 20.8. The van der Waals surface area contributed by atoms with Gasteiger partial charge in [-0.25, -0.2) is 0 Å². The van der Waals surface area contributed by atoms with Crippen molar-refractivity contribution in [3.8, 4) is 0 Å². The first kappa shape index (κ1) is 16.5. The Bertz CT molecular complexity index is 633. The van der Waals surface area contributed by atoms with Crippen LogP contribution in [0.1, 0.15) is 59.3 Å².